The molecule has 4 aromatic rings. The van der Waals surface area contributed by atoms with Crippen molar-refractivity contribution < 1.29 is 9.18 Å². The van der Waals surface area contributed by atoms with Crippen molar-refractivity contribution in [2.24, 2.45) is 0 Å². The molecule has 1 N–H and O–H groups in total. The Kier molecular flexibility index (Phi) is 4.62. The van der Waals surface area contributed by atoms with Crippen LogP contribution in [0.2, 0.25) is 0 Å². The quantitative estimate of drug-likeness (QED) is 0.526. The molecule has 1 spiro atoms. The van der Waals surface area contributed by atoms with E-state index in [-0.39, 0.29) is 18.3 Å². The number of anilines is 1. The second kappa shape index (κ2) is 7.67. The number of halogens is 1. The van der Waals surface area contributed by atoms with Gasteiger partial charge in [0.2, 0.25) is 5.91 Å². The third-order valence-electron chi connectivity index (χ3n) is 6.81. The molecule has 0 atom stereocenters. The fourth-order valence-corrected chi connectivity index (χ4v) is 5.24. The molecule has 0 bridgehead atoms. The summed E-state index contributed by atoms with van der Waals surface area (Å²) in [6.45, 7) is 1.88. The van der Waals surface area contributed by atoms with Crippen LogP contribution < -0.4 is 10.2 Å². The fraction of sp³-hybridized carbons (Fsp3) is 0.240. The van der Waals surface area contributed by atoms with Crippen LogP contribution in [0, 0.1) is 5.82 Å². The molecule has 164 valence electrons. The molecule has 1 amide bonds. The number of hydrogen-bond acceptors (Lipinski definition) is 6. The Morgan fingerprint density at radius 1 is 1.03 bits per heavy atom. The first-order valence-corrected chi connectivity index (χ1v) is 11.0. The molecule has 2 aliphatic heterocycles. The highest BCUT2D eigenvalue weighted by Crippen LogP contribution is 2.47. The summed E-state index contributed by atoms with van der Waals surface area (Å²) in [6, 6.07) is 6.61. The van der Waals surface area contributed by atoms with E-state index in [1.807, 2.05) is 6.07 Å². The van der Waals surface area contributed by atoms with E-state index in [4.69, 9.17) is 0 Å². The maximum absolute atomic E-state index is 13.9. The molecule has 2 aliphatic rings. The van der Waals surface area contributed by atoms with E-state index in [2.05, 4.69) is 25.3 Å². The lowest BCUT2D eigenvalue weighted by Crippen LogP contribution is -2.47. The molecule has 1 fully saturated rings. The second-order valence-electron chi connectivity index (χ2n) is 8.55. The molecule has 5 heterocycles. The van der Waals surface area contributed by atoms with E-state index in [9.17, 15) is 9.18 Å². The Balaban J connectivity index is 1.50. The predicted molar refractivity (Wildman–Crippen MR) is 122 cm³/mol. The van der Waals surface area contributed by atoms with Crippen LogP contribution in [0.3, 0.4) is 0 Å². The molecule has 8 heteroatoms. The number of aromatic nitrogens is 4. The zero-order chi connectivity index (χ0) is 22.4. The van der Waals surface area contributed by atoms with Crippen LogP contribution in [-0.4, -0.2) is 38.9 Å². The number of hydrogen-bond donors (Lipinski definition) is 1. The smallest absolute Gasteiger partial charge is 0.238 e. The van der Waals surface area contributed by atoms with Crippen molar-refractivity contribution >= 4 is 22.4 Å². The molecule has 7 nitrogen and oxygen atoms in total. The minimum atomic E-state index is -0.528. The number of rotatable bonds is 3. The van der Waals surface area contributed by atoms with Gasteiger partial charge in [-0.1, -0.05) is 6.07 Å². The molecule has 3 aromatic heterocycles. The Hall–Kier alpha value is -3.78. The van der Waals surface area contributed by atoms with Gasteiger partial charge in [-0.2, -0.15) is 0 Å². The molecule has 0 aliphatic carbocycles. The van der Waals surface area contributed by atoms with Gasteiger partial charge in [-0.3, -0.25) is 14.8 Å². The molecule has 0 radical (unpaired) electrons. The molecule has 0 unspecified atom stereocenters. The van der Waals surface area contributed by atoms with Crippen LogP contribution in [0.15, 0.2) is 61.6 Å². The van der Waals surface area contributed by atoms with Crippen LogP contribution in [0.25, 0.3) is 21.9 Å². The highest BCUT2D eigenvalue weighted by Gasteiger charge is 2.51. The summed E-state index contributed by atoms with van der Waals surface area (Å²) >= 11 is 0. The summed E-state index contributed by atoms with van der Waals surface area (Å²) in [7, 11) is 0. The summed E-state index contributed by atoms with van der Waals surface area (Å²) in [5, 5.41) is 4.89. The zero-order valence-corrected chi connectivity index (χ0v) is 17.8. The number of nitrogens with one attached hydrogen (secondary N) is 1. The maximum Gasteiger partial charge on any atom is 0.238 e. The van der Waals surface area contributed by atoms with E-state index in [1.54, 1.807) is 42.0 Å². The number of benzene rings is 1. The lowest BCUT2D eigenvalue weighted by atomic mass is 9.74. The van der Waals surface area contributed by atoms with Crippen molar-refractivity contribution in [3.05, 3.63) is 78.7 Å². The van der Waals surface area contributed by atoms with Gasteiger partial charge in [0.15, 0.2) is 0 Å². The van der Waals surface area contributed by atoms with Gasteiger partial charge in [-0.25, -0.2) is 14.4 Å². The highest BCUT2D eigenvalue weighted by atomic mass is 19.1. The van der Waals surface area contributed by atoms with Crippen LogP contribution in [-0.2, 0) is 16.8 Å². The van der Waals surface area contributed by atoms with Crippen LogP contribution in [0.5, 0.6) is 0 Å². The highest BCUT2D eigenvalue weighted by molar-refractivity contribution is 6.08. The Labute approximate surface area is 189 Å². The van der Waals surface area contributed by atoms with Gasteiger partial charge >= 0.3 is 0 Å². The zero-order valence-electron chi connectivity index (χ0n) is 17.8. The number of pyridine rings is 2. The lowest BCUT2D eigenvalue weighted by Gasteiger charge is -2.33. The van der Waals surface area contributed by atoms with Crippen LogP contribution in [0.1, 0.15) is 24.1 Å². The first-order chi connectivity index (χ1) is 16.2. The summed E-state index contributed by atoms with van der Waals surface area (Å²) in [4.78, 5) is 33.0. The second-order valence-corrected chi connectivity index (χ2v) is 8.55. The summed E-state index contributed by atoms with van der Waals surface area (Å²) < 4.78 is 13.9. The lowest BCUT2D eigenvalue weighted by molar-refractivity contribution is -0.124. The van der Waals surface area contributed by atoms with E-state index < -0.39 is 5.41 Å². The van der Waals surface area contributed by atoms with Crippen molar-refractivity contribution in [3.63, 3.8) is 0 Å². The van der Waals surface area contributed by atoms with Gasteiger partial charge in [-0.15, -0.1) is 0 Å². The molecular formula is C25H21FN6O. The van der Waals surface area contributed by atoms with E-state index >= 15 is 0 Å². The van der Waals surface area contributed by atoms with Crippen LogP contribution >= 0.6 is 0 Å². The maximum atomic E-state index is 13.9. The fourth-order valence-electron chi connectivity index (χ4n) is 5.24. The van der Waals surface area contributed by atoms with Crippen molar-refractivity contribution in [1.29, 1.82) is 0 Å². The average Bonchev–Trinajstić information content (AvgIpc) is 3.07. The third kappa shape index (κ3) is 3.09. The van der Waals surface area contributed by atoms with E-state index in [1.165, 1.54) is 18.5 Å². The van der Waals surface area contributed by atoms with Crippen molar-refractivity contribution in [2.45, 2.75) is 24.8 Å². The number of piperidine rings is 1. The number of carbonyl (C=O) groups excluding carboxylic acids is 1. The van der Waals surface area contributed by atoms with E-state index in [0.29, 0.717) is 11.1 Å². The largest absolute Gasteiger partial charge is 0.317 e. The topological polar surface area (TPSA) is 83.9 Å². The first-order valence-electron chi connectivity index (χ1n) is 11.0. The Morgan fingerprint density at radius 2 is 1.85 bits per heavy atom. The van der Waals surface area contributed by atoms with Gasteiger partial charge in [0, 0.05) is 41.3 Å². The van der Waals surface area contributed by atoms with Gasteiger partial charge < -0.3 is 10.2 Å². The van der Waals surface area contributed by atoms with Gasteiger partial charge in [0.05, 0.1) is 29.5 Å². The van der Waals surface area contributed by atoms with Crippen molar-refractivity contribution in [1.82, 2.24) is 25.3 Å². The van der Waals surface area contributed by atoms with Crippen molar-refractivity contribution in [2.75, 3.05) is 18.0 Å². The SMILES string of the molecule is O=C1N(Cc2ncc3cc(F)ccc3c2-c2cncnc2)c2cnccc2C12CCNCC2. The summed E-state index contributed by atoms with van der Waals surface area (Å²) in [6.07, 6.45) is 11.6. The Bertz CT molecular complexity index is 1370. The molecule has 0 saturated carbocycles. The molecule has 6 rings (SSSR count). The van der Waals surface area contributed by atoms with Gasteiger partial charge in [0.1, 0.15) is 12.1 Å². The summed E-state index contributed by atoms with van der Waals surface area (Å²) in [5.41, 5.74) is 3.62. The monoisotopic (exact) mass is 440 g/mol. The predicted octanol–water partition coefficient (Wildman–Crippen LogP) is 3.39. The standard InChI is InChI=1S/C25H21FN6O/c26-18-1-2-19-16(9-18)12-31-21(23(19)17-10-29-15-30-11-17)14-32-22-13-28-6-3-20(22)25(24(32)33)4-7-27-8-5-25/h1-3,6,9-13,15,27H,4-5,7-8,14H2. The van der Waals surface area contributed by atoms with Gasteiger partial charge in [-0.05, 0) is 55.1 Å². The molecular weight excluding hydrogens is 419 g/mol. The number of nitrogens with zero attached hydrogens (tertiary/aromatic N) is 5. The first kappa shape index (κ1) is 19.9. The minimum absolute atomic E-state index is 0.0864. The molecule has 33 heavy (non-hydrogen) atoms. The molecule has 1 saturated heterocycles. The average molecular weight is 440 g/mol. The number of amides is 1. The van der Waals surface area contributed by atoms with E-state index in [0.717, 1.165) is 53.7 Å². The number of fused-ring (bicyclic) bond motifs is 3. The van der Waals surface area contributed by atoms with Crippen LogP contribution in [0.4, 0.5) is 10.1 Å². The normalized spacial score (nSPS) is 17.0. The molecule has 1 aromatic carbocycles. The van der Waals surface area contributed by atoms with Crippen molar-refractivity contribution in [3.8, 4) is 11.1 Å². The Morgan fingerprint density at radius 3 is 2.67 bits per heavy atom. The number of carbonyl (C=O) groups is 1. The van der Waals surface area contributed by atoms with Gasteiger partial charge in [0.25, 0.3) is 0 Å². The minimum Gasteiger partial charge on any atom is -0.317 e. The third-order valence-corrected chi connectivity index (χ3v) is 6.81. The summed E-state index contributed by atoms with van der Waals surface area (Å²) in [5.74, 6) is -0.238.